The van der Waals surface area contributed by atoms with Crippen LogP contribution in [0.15, 0.2) is 30.3 Å². The van der Waals surface area contributed by atoms with Crippen LogP contribution in [0.2, 0.25) is 0 Å². The molecule has 2 nitrogen and oxygen atoms in total. The lowest BCUT2D eigenvalue weighted by atomic mass is 9.88. The first kappa shape index (κ1) is 14.6. The van der Waals surface area contributed by atoms with Crippen LogP contribution in [0.5, 0.6) is 5.75 Å². The zero-order chi connectivity index (χ0) is 14.9. The maximum absolute atomic E-state index is 6.57. The number of rotatable bonds is 3. The molecule has 106 valence electrons. The van der Waals surface area contributed by atoms with Gasteiger partial charge in [0, 0.05) is 5.56 Å². The van der Waals surface area contributed by atoms with Crippen LogP contribution in [0.4, 0.5) is 0 Å². The second-order valence-corrected chi connectivity index (χ2v) is 5.48. The van der Waals surface area contributed by atoms with Crippen molar-refractivity contribution < 1.29 is 4.74 Å². The summed E-state index contributed by atoms with van der Waals surface area (Å²) in [5, 5.41) is 0. The first-order chi connectivity index (χ1) is 9.45. The maximum Gasteiger partial charge on any atom is 0.124 e. The predicted molar refractivity (Wildman–Crippen MR) is 84.4 cm³/mol. The number of hydrogen-bond acceptors (Lipinski definition) is 2. The van der Waals surface area contributed by atoms with Crippen molar-refractivity contribution in [3.05, 3.63) is 63.7 Å². The lowest BCUT2D eigenvalue weighted by Gasteiger charge is -2.22. The van der Waals surface area contributed by atoms with E-state index in [0.29, 0.717) is 0 Å². The highest BCUT2D eigenvalue weighted by Gasteiger charge is 2.20. The highest BCUT2D eigenvalue weighted by atomic mass is 16.5. The molecule has 1 unspecified atom stereocenters. The third kappa shape index (κ3) is 2.56. The average Bonchev–Trinajstić information content (AvgIpc) is 2.37. The molecule has 0 fully saturated rings. The molecule has 2 heteroatoms. The molecule has 0 saturated carbocycles. The molecule has 2 aromatic carbocycles. The van der Waals surface area contributed by atoms with Crippen molar-refractivity contribution in [1.29, 1.82) is 0 Å². The molecule has 0 aliphatic heterocycles. The van der Waals surface area contributed by atoms with Crippen molar-refractivity contribution >= 4 is 0 Å². The van der Waals surface area contributed by atoms with Gasteiger partial charge in [0.2, 0.25) is 0 Å². The van der Waals surface area contributed by atoms with Crippen molar-refractivity contribution in [3.63, 3.8) is 0 Å². The van der Waals surface area contributed by atoms with Crippen LogP contribution in [0.25, 0.3) is 0 Å². The molecule has 0 heterocycles. The molecule has 0 amide bonds. The van der Waals surface area contributed by atoms with Gasteiger partial charge in [-0.2, -0.15) is 0 Å². The molecule has 0 saturated heterocycles. The van der Waals surface area contributed by atoms with Crippen molar-refractivity contribution in [2.24, 2.45) is 5.73 Å². The van der Waals surface area contributed by atoms with Crippen LogP contribution in [0.3, 0.4) is 0 Å². The molecule has 0 spiro atoms. The van der Waals surface area contributed by atoms with E-state index in [9.17, 15) is 0 Å². The van der Waals surface area contributed by atoms with E-state index in [4.69, 9.17) is 10.5 Å². The summed E-state index contributed by atoms with van der Waals surface area (Å²) in [6.07, 6.45) is 0. The van der Waals surface area contributed by atoms with Gasteiger partial charge in [-0.05, 0) is 61.6 Å². The molecule has 0 aliphatic rings. The third-order valence-corrected chi connectivity index (χ3v) is 3.88. The average molecular weight is 269 g/mol. The Morgan fingerprint density at radius 2 is 1.50 bits per heavy atom. The smallest absolute Gasteiger partial charge is 0.124 e. The molecule has 20 heavy (non-hydrogen) atoms. The number of aryl methyl sites for hydroxylation is 4. The van der Waals surface area contributed by atoms with Crippen LogP contribution in [0.1, 0.15) is 39.4 Å². The van der Waals surface area contributed by atoms with E-state index < -0.39 is 0 Å². The maximum atomic E-state index is 6.57. The summed E-state index contributed by atoms with van der Waals surface area (Å²) in [6.45, 7) is 8.39. The number of hydrogen-bond donors (Lipinski definition) is 1. The number of methoxy groups -OCH3 is 1. The quantitative estimate of drug-likeness (QED) is 0.914. The minimum Gasteiger partial charge on any atom is -0.496 e. The van der Waals surface area contributed by atoms with E-state index in [-0.39, 0.29) is 6.04 Å². The first-order valence-corrected chi connectivity index (χ1v) is 6.92. The second-order valence-electron chi connectivity index (χ2n) is 5.48. The molecule has 2 aromatic rings. The summed E-state index contributed by atoms with van der Waals surface area (Å²) in [4.78, 5) is 0. The Morgan fingerprint density at radius 3 is 2.05 bits per heavy atom. The fourth-order valence-corrected chi connectivity index (χ4v) is 2.97. The molecule has 0 radical (unpaired) electrons. The Balaban J connectivity index is 2.62. The molecule has 0 bridgehead atoms. The lowest BCUT2D eigenvalue weighted by molar-refractivity contribution is 0.407. The monoisotopic (exact) mass is 269 g/mol. The topological polar surface area (TPSA) is 35.2 Å². The number of benzene rings is 2. The first-order valence-electron chi connectivity index (χ1n) is 6.92. The van der Waals surface area contributed by atoms with Crippen LogP contribution < -0.4 is 10.5 Å². The van der Waals surface area contributed by atoms with Gasteiger partial charge in [-0.25, -0.2) is 0 Å². The van der Waals surface area contributed by atoms with Gasteiger partial charge in [-0.1, -0.05) is 24.3 Å². The normalized spacial score (nSPS) is 12.3. The SMILES string of the molecule is COc1cc(C)cc(C)c1C(N)c1c(C)cccc1C. The zero-order valence-electron chi connectivity index (χ0n) is 12.9. The molecular formula is C18H23NO. The summed E-state index contributed by atoms with van der Waals surface area (Å²) >= 11 is 0. The van der Waals surface area contributed by atoms with E-state index in [1.807, 2.05) is 0 Å². The highest BCUT2D eigenvalue weighted by molar-refractivity contribution is 5.51. The lowest BCUT2D eigenvalue weighted by Crippen LogP contribution is -2.17. The molecular weight excluding hydrogens is 246 g/mol. The molecule has 0 aromatic heterocycles. The van der Waals surface area contributed by atoms with Crippen LogP contribution >= 0.6 is 0 Å². The predicted octanol–water partition coefficient (Wildman–Crippen LogP) is 3.98. The molecule has 2 N–H and O–H groups in total. The minimum atomic E-state index is -0.160. The van der Waals surface area contributed by atoms with E-state index in [1.165, 1.54) is 27.8 Å². The molecule has 2 rings (SSSR count). The standard InChI is InChI=1S/C18H23NO/c1-11-9-14(4)17(15(10-11)20-5)18(19)16-12(2)7-6-8-13(16)3/h6-10,18H,19H2,1-5H3. The fourth-order valence-electron chi connectivity index (χ4n) is 2.97. The van der Waals surface area contributed by atoms with Gasteiger partial charge in [0.05, 0.1) is 13.2 Å². The van der Waals surface area contributed by atoms with Crippen molar-refractivity contribution in [2.75, 3.05) is 7.11 Å². The van der Waals surface area contributed by atoms with Crippen molar-refractivity contribution in [2.45, 2.75) is 33.7 Å². The van der Waals surface area contributed by atoms with Gasteiger partial charge in [0.25, 0.3) is 0 Å². The fraction of sp³-hybridized carbons (Fsp3) is 0.333. The summed E-state index contributed by atoms with van der Waals surface area (Å²) in [6, 6.07) is 10.3. The Morgan fingerprint density at radius 1 is 0.900 bits per heavy atom. The van der Waals surface area contributed by atoms with Gasteiger partial charge in [0.1, 0.15) is 5.75 Å². The molecule has 1 atom stereocenters. The van der Waals surface area contributed by atoms with Gasteiger partial charge >= 0.3 is 0 Å². The van der Waals surface area contributed by atoms with Crippen LogP contribution in [-0.4, -0.2) is 7.11 Å². The van der Waals surface area contributed by atoms with Gasteiger partial charge < -0.3 is 10.5 Å². The Labute approximate surface area is 121 Å². The summed E-state index contributed by atoms with van der Waals surface area (Å²) < 4.78 is 5.55. The highest BCUT2D eigenvalue weighted by Crippen LogP contribution is 2.34. The Hall–Kier alpha value is -1.80. The largest absolute Gasteiger partial charge is 0.496 e. The minimum absolute atomic E-state index is 0.160. The Kier molecular flexibility index (Phi) is 4.15. The van der Waals surface area contributed by atoms with E-state index in [2.05, 4.69) is 58.0 Å². The van der Waals surface area contributed by atoms with Crippen LogP contribution in [-0.2, 0) is 0 Å². The van der Waals surface area contributed by atoms with Gasteiger partial charge in [0.15, 0.2) is 0 Å². The second kappa shape index (κ2) is 5.68. The van der Waals surface area contributed by atoms with E-state index in [0.717, 1.165) is 11.3 Å². The summed E-state index contributed by atoms with van der Waals surface area (Å²) in [5.74, 6) is 0.873. The summed E-state index contributed by atoms with van der Waals surface area (Å²) in [7, 11) is 1.70. The number of nitrogens with two attached hydrogens (primary N) is 1. The number of ether oxygens (including phenoxy) is 1. The van der Waals surface area contributed by atoms with Crippen molar-refractivity contribution in [1.82, 2.24) is 0 Å². The van der Waals surface area contributed by atoms with E-state index >= 15 is 0 Å². The van der Waals surface area contributed by atoms with E-state index in [1.54, 1.807) is 7.11 Å². The Bertz CT molecular complexity index is 611. The van der Waals surface area contributed by atoms with Gasteiger partial charge in [-0.15, -0.1) is 0 Å². The summed E-state index contributed by atoms with van der Waals surface area (Å²) in [5.41, 5.74) is 13.6. The third-order valence-electron chi connectivity index (χ3n) is 3.88. The van der Waals surface area contributed by atoms with Gasteiger partial charge in [-0.3, -0.25) is 0 Å². The zero-order valence-corrected chi connectivity index (χ0v) is 12.9. The molecule has 0 aliphatic carbocycles. The van der Waals surface area contributed by atoms with Crippen LogP contribution in [0, 0.1) is 27.7 Å². The van der Waals surface area contributed by atoms with Crippen molar-refractivity contribution in [3.8, 4) is 5.75 Å².